The maximum Gasteiger partial charge on any atom is 0.253 e. The summed E-state index contributed by atoms with van der Waals surface area (Å²) >= 11 is 5.74. The van der Waals surface area contributed by atoms with Crippen LogP contribution < -0.4 is 10.2 Å². The number of hydrogen-bond acceptors (Lipinski definition) is 3. The number of anilines is 1. The summed E-state index contributed by atoms with van der Waals surface area (Å²) in [4.78, 5) is 30.7. The van der Waals surface area contributed by atoms with Crippen molar-refractivity contribution in [2.45, 2.75) is 44.6 Å². The average molecular weight is 434 g/mol. The first-order chi connectivity index (χ1) is 14.3. The molecule has 8 heteroatoms. The monoisotopic (exact) mass is 433 g/mol. The summed E-state index contributed by atoms with van der Waals surface area (Å²) in [5.41, 5.74) is 3.23. The maximum absolute atomic E-state index is 13.4. The number of rotatable bonds is 4. The van der Waals surface area contributed by atoms with Crippen LogP contribution in [0.5, 0.6) is 0 Å². The molecule has 158 valence electrons. The summed E-state index contributed by atoms with van der Waals surface area (Å²) in [6.45, 7) is 0.910. The van der Waals surface area contributed by atoms with Gasteiger partial charge in [0.2, 0.25) is 11.8 Å². The molecule has 2 amide bonds. The summed E-state index contributed by atoms with van der Waals surface area (Å²) in [6, 6.07) is 8.91. The first-order valence-electron chi connectivity index (χ1n) is 10.0. The zero-order valence-electron chi connectivity index (χ0n) is 16.3. The van der Waals surface area contributed by atoms with E-state index >= 15 is 0 Å². The van der Waals surface area contributed by atoms with Gasteiger partial charge in [-0.1, -0.05) is 23.7 Å². The lowest BCUT2D eigenvalue weighted by Crippen LogP contribution is -2.38. The molecule has 0 atom stereocenters. The molecule has 1 aromatic carbocycles. The highest BCUT2D eigenvalue weighted by molar-refractivity contribution is 6.29. The lowest BCUT2D eigenvalue weighted by atomic mass is 9.86. The molecule has 1 saturated carbocycles. The number of nitrogens with zero attached hydrogens (tertiary/aromatic N) is 2. The van der Waals surface area contributed by atoms with Crippen LogP contribution in [0.1, 0.15) is 47.2 Å². The van der Waals surface area contributed by atoms with E-state index in [0.717, 1.165) is 16.8 Å². The summed E-state index contributed by atoms with van der Waals surface area (Å²) in [6.07, 6.45) is 2.18. The third kappa shape index (κ3) is 4.46. The molecule has 0 bridgehead atoms. The Kier molecular flexibility index (Phi) is 5.73. The van der Waals surface area contributed by atoms with E-state index in [2.05, 4.69) is 10.3 Å². The van der Waals surface area contributed by atoms with Crippen LogP contribution in [0.3, 0.4) is 0 Å². The predicted molar refractivity (Wildman–Crippen MR) is 110 cm³/mol. The third-order valence-electron chi connectivity index (χ3n) is 5.81. The number of benzene rings is 1. The zero-order chi connectivity index (χ0) is 21.3. The van der Waals surface area contributed by atoms with Crippen molar-refractivity contribution in [1.82, 2.24) is 10.3 Å². The fourth-order valence-corrected chi connectivity index (χ4v) is 4.21. The third-order valence-corrected chi connectivity index (χ3v) is 6.04. The molecule has 0 spiro atoms. The van der Waals surface area contributed by atoms with E-state index in [1.807, 2.05) is 18.2 Å². The van der Waals surface area contributed by atoms with Crippen LogP contribution in [0.15, 0.2) is 36.5 Å². The second-order valence-corrected chi connectivity index (χ2v) is 8.27. The molecule has 4 rings (SSSR count). The van der Waals surface area contributed by atoms with Crippen molar-refractivity contribution >= 4 is 29.1 Å². The molecule has 30 heavy (non-hydrogen) atoms. The minimum atomic E-state index is -2.64. The van der Waals surface area contributed by atoms with Crippen LogP contribution in [0, 0.1) is 5.92 Å². The van der Waals surface area contributed by atoms with Crippen LogP contribution in [0.25, 0.3) is 0 Å². The quantitative estimate of drug-likeness (QED) is 0.728. The number of fused-ring (bicyclic) bond motifs is 1. The molecule has 2 aliphatic rings. The van der Waals surface area contributed by atoms with Gasteiger partial charge in [0.1, 0.15) is 5.15 Å². The molecule has 0 saturated heterocycles. The number of alkyl halides is 2. The van der Waals surface area contributed by atoms with E-state index in [0.29, 0.717) is 30.2 Å². The van der Waals surface area contributed by atoms with Crippen LogP contribution in [-0.2, 0) is 17.8 Å². The minimum absolute atomic E-state index is 0.0551. The molecule has 1 fully saturated rings. The summed E-state index contributed by atoms with van der Waals surface area (Å²) in [5.74, 6) is -3.27. The molecule has 1 aliphatic carbocycles. The van der Waals surface area contributed by atoms with E-state index in [9.17, 15) is 18.4 Å². The number of hydrogen-bond donors (Lipinski definition) is 1. The standard InChI is InChI=1S/C22H22ClF2N3O2/c23-19-4-2-17(13-26-19)20(29)27-12-14-1-3-18-16(11-14)7-10-28(18)21(30)15-5-8-22(24,25)9-6-15/h1-4,11,13,15H,5-10,12H2,(H,27,29). The molecule has 1 N–H and O–H groups in total. The molecule has 1 aromatic heterocycles. The Morgan fingerprint density at radius 2 is 1.97 bits per heavy atom. The van der Waals surface area contributed by atoms with Crippen molar-refractivity contribution in [3.8, 4) is 0 Å². The van der Waals surface area contributed by atoms with Gasteiger partial charge in [0, 0.05) is 43.7 Å². The summed E-state index contributed by atoms with van der Waals surface area (Å²) in [7, 11) is 0. The number of nitrogens with one attached hydrogen (secondary N) is 1. The van der Waals surface area contributed by atoms with Gasteiger partial charge in [-0.2, -0.15) is 0 Å². The van der Waals surface area contributed by atoms with Gasteiger partial charge < -0.3 is 10.2 Å². The van der Waals surface area contributed by atoms with Crippen molar-refractivity contribution < 1.29 is 18.4 Å². The van der Waals surface area contributed by atoms with Crippen LogP contribution >= 0.6 is 11.6 Å². The lowest BCUT2D eigenvalue weighted by molar-refractivity contribution is -0.126. The first-order valence-corrected chi connectivity index (χ1v) is 10.4. The summed E-state index contributed by atoms with van der Waals surface area (Å²) < 4.78 is 26.8. The van der Waals surface area contributed by atoms with Gasteiger partial charge in [0.05, 0.1) is 5.56 Å². The van der Waals surface area contributed by atoms with Gasteiger partial charge in [-0.15, -0.1) is 0 Å². The molecular weight excluding hydrogens is 412 g/mol. The SMILES string of the molecule is O=C(NCc1ccc2c(c1)CCN2C(=O)C1CCC(F)(F)CC1)c1ccc(Cl)nc1. The predicted octanol–water partition coefficient (Wildman–Crippen LogP) is 4.38. The first kappa shape index (κ1) is 20.7. The highest BCUT2D eigenvalue weighted by atomic mass is 35.5. The molecule has 2 heterocycles. The smallest absolute Gasteiger partial charge is 0.253 e. The van der Waals surface area contributed by atoms with Gasteiger partial charge in [-0.3, -0.25) is 9.59 Å². The molecule has 2 aromatic rings. The normalized spacial score (nSPS) is 18.2. The Hall–Kier alpha value is -2.54. The highest BCUT2D eigenvalue weighted by Gasteiger charge is 2.39. The highest BCUT2D eigenvalue weighted by Crippen LogP contribution is 2.38. The van der Waals surface area contributed by atoms with E-state index < -0.39 is 5.92 Å². The van der Waals surface area contributed by atoms with Crippen molar-refractivity contribution in [1.29, 1.82) is 0 Å². The Balaban J connectivity index is 1.38. The van der Waals surface area contributed by atoms with E-state index in [-0.39, 0.29) is 43.4 Å². The van der Waals surface area contributed by atoms with E-state index in [1.165, 1.54) is 6.20 Å². The Labute approximate surface area is 178 Å². The van der Waals surface area contributed by atoms with Crippen LogP contribution in [0.2, 0.25) is 5.15 Å². The van der Waals surface area contributed by atoms with Gasteiger partial charge in [-0.25, -0.2) is 13.8 Å². The van der Waals surface area contributed by atoms with Gasteiger partial charge in [0.25, 0.3) is 5.91 Å². The van der Waals surface area contributed by atoms with Crippen molar-refractivity contribution in [3.05, 3.63) is 58.4 Å². The second kappa shape index (κ2) is 8.30. The maximum atomic E-state index is 13.4. The van der Waals surface area contributed by atoms with Crippen LogP contribution in [0.4, 0.5) is 14.5 Å². The topological polar surface area (TPSA) is 62.3 Å². The number of carbonyl (C=O) groups excluding carboxylic acids is 2. The number of carbonyl (C=O) groups is 2. The van der Waals surface area contributed by atoms with Crippen LogP contribution in [-0.4, -0.2) is 29.3 Å². The largest absolute Gasteiger partial charge is 0.348 e. The molecule has 0 unspecified atom stereocenters. The molecule has 5 nitrogen and oxygen atoms in total. The Morgan fingerprint density at radius 1 is 1.20 bits per heavy atom. The minimum Gasteiger partial charge on any atom is -0.348 e. The number of aromatic nitrogens is 1. The van der Waals surface area contributed by atoms with Gasteiger partial charge in [-0.05, 0) is 48.6 Å². The van der Waals surface area contributed by atoms with Crippen molar-refractivity contribution in [2.75, 3.05) is 11.4 Å². The second-order valence-electron chi connectivity index (χ2n) is 7.89. The summed E-state index contributed by atoms with van der Waals surface area (Å²) in [5, 5.41) is 3.17. The Bertz CT molecular complexity index is 955. The zero-order valence-corrected chi connectivity index (χ0v) is 17.1. The Morgan fingerprint density at radius 3 is 2.67 bits per heavy atom. The van der Waals surface area contributed by atoms with Gasteiger partial charge >= 0.3 is 0 Å². The number of halogens is 3. The average Bonchev–Trinajstić information content (AvgIpc) is 3.15. The molecule has 0 radical (unpaired) electrons. The van der Waals surface area contributed by atoms with Gasteiger partial charge in [0.15, 0.2) is 0 Å². The molecular formula is C22H22ClF2N3O2. The van der Waals surface area contributed by atoms with Crippen molar-refractivity contribution in [2.24, 2.45) is 5.92 Å². The number of pyridine rings is 1. The number of amides is 2. The van der Waals surface area contributed by atoms with E-state index in [4.69, 9.17) is 11.6 Å². The fraction of sp³-hybridized carbons (Fsp3) is 0.409. The molecule has 1 aliphatic heterocycles. The van der Waals surface area contributed by atoms with E-state index in [1.54, 1.807) is 17.0 Å². The lowest BCUT2D eigenvalue weighted by Gasteiger charge is -2.30. The fourth-order valence-electron chi connectivity index (χ4n) is 4.10. The van der Waals surface area contributed by atoms with Crippen molar-refractivity contribution in [3.63, 3.8) is 0 Å².